The van der Waals surface area contributed by atoms with Gasteiger partial charge in [0.15, 0.2) is 5.58 Å². The van der Waals surface area contributed by atoms with Crippen LogP contribution in [0.2, 0.25) is 0 Å². The van der Waals surface area contributed by atoms with Crippen molar-refractivity contribution in [2.24, 2.45) is 0 Å². The number of pyridine rings is 1. The van der Waals surface area contributed by atoms with E-state index in [0.29, 0.717) is 0 Å². The molecule has 9 rings (SSSR count). The van der Waals surface area contributed by atoms with Crippen molar-refractivity contribution in [3.05, 3.63) is 158 Å². The summed E-state index contributed by atoms with van der Waals surface area (Å²) in [6.45, 7) is 0. The standard InChI is InChI=1S/C41H26N2OS/c1-2-7-27(8-3-1)28-13-17-30(18-14-28)43(32-21-22-36-35-9-4-5-12-39(35)45-40(36)25-32)31-19-15-29(16-20-31)33-10-6-11-37-34-23-24-42-26-38(34)44-41(33)37/h1-26H. The Morgan fingerprint density at radius 2 is 1.16 bits per heavy atom. The molecule has 0 aliphatic carbocycles. The zero-order chi connectivity index (χ0) is 29.7. The summed E-state index contributed by atoms with van der Waals surface area (Å²) in [5.74, 6) is 0. The molecule has 9 aromatic rings. The summed E-state index contributed by atoms with van der Waals surface area (Å²) in [4.78, 5) is 6.60. The van der Waals surface area contributed by atoms with Crippen LogP contribution in [0.4, 0.5) is 17.1 Å². The molecule has 0 atom stereocenters. The number of fused-ring (bicyclic) bond motifs is 6. The maximum Gasteiger partial charge on any atom is 0.153 e. The van der Waals surface area contributed by atoms with Crippen molar-refractivity contribution in [1.29, 1.82) is 0 Å². The van der Waals surface area contributed by atoms with Crippen LogP contribution in [-0.4, -0.2) is 4.98 Å². The molecule has 0 bridgehead atoms. The van der Waals surface area contributed by atoms with Gasteiger partial charge >= 0.3 is 0 Å². The molecule has 0 saturated carbocycles. The van der Waals surface area contributed by atoms with Gasteiger partial charge in [0.25, 0.3) is 0 Å². The van der Waals surface area contributed by atoms with Gasteiger partial charge in [-0.15, -0.1) is 11.3 Å². The smallest absolute Gasteiger partial charge is 0.153 e. The fourth-order valence-corrected chi connectivity index (χ4v) is 7.54. The van der Waals surface area contributed by atoms with E-state index in [4.69, 9.17) is 4.42 Å². The number of furan rings is 1. The highest BCUT2D eigenvalue weighted by atomic mass is 32.1. The minimum absolute atomic E-state index is 0.804. The molecular formula is C41H26N2OS. The summed E-state index contributed by atoms with van der Waals surface area (Å²) in [6, 6.07) is 52.0. The molecule has 0 amide bonds. The molecule has 0 fully saturated rings. The predicted octanol–water partition coefficient (Wildman–Crippen LogP) is 12.2. The first kappa shape index (κ1) is 25.8. The van der Waals surface area contributed by atoms with Gasteiger partial charge in [-0.25, -0.2) is 0 Å². The lowest BCUT2D eigenvalue weighted by Gasteiger charge is -2.26. The van der Waals surface area contributed by atoms with Crippen LogP contribution in [0.3, 0.4) is 0 Å². The molecule has 6 aromatic carbocycles. The highest BCUT2D eigenvalue weighted by molar-refractivity contribution is 7.25. The first-order valence-corrected chi connectivity index (χ1v) is 15.8. The van der Waals surface area contributed by atoms with Gasteiger partial charge in [-0.05, 0) is 65.2 Å². The maximum absolute atomic E-state index is 6.30. The number of hydrogen-bond donors (Lipinski definition) is 0. The minimum atomic E-state index is 0.804. The van der Waals surface area contributed by atoms with Gasteiger partial charge in [-0.3, -0.25) is 4.98 Å². The Kier molecular flexibility index (Phi) is 6.00. The third-order valence-electron chi connectivity index (χ3n) is 8.59. The molecule has 0 spiro atoms. The van der Waals surface area contributed by atoms with Crippen molar-refractivity contribution in [2.45, 2.75) is 0 Å². The molecule has 3 heterocycles. The number of rotatable bonds is 5. The van der Waals surface area contributed by atoms with E-state index in [0.717, 1.165) is 50.1 Å². The van der Waals surface area contributed by atoms with Crippen molar-refractivity contribution < 1.29 is 4.42 Å². The van der Waals surface area contributed by atoms with Crippen molar-refractivity contribution in [1.82, 2.24) is 4.98 Å². The zero-order valence-electron chi connectivity index (χ0n) is 24.2. The normalized spacial score (nSPS) is 11.6. The Morgan fingerprint density at radius 3 is 1.98 bits per heavy atom. The molecule has 0 N–H and O–H groups in total. The SMILES string of the molecule is c1ccc(-c2ccc(N(c3ccc(-c4cccc5c4oc4cnccc45)cc3)c3ccc4c(c3)sc3ccccc34)cc2)cc1. The van der Waals surface area contributed by atoms with Crippen LogP contribution >= 0.6 is 11.3 Å². The van der Waals surface area contributed by atoms with Gasteiger partial charge in [0.05, 0.1) is 6.20 Å². The van der Waals surface area contributed by atoms with Crippen molar-refractivity contribution in [3.63, 3.8) is 0 Å². The van der Waals surface area contributed by atoms with E-state index < -0.39 is 0 Å². The lowest BCUT2D eigenvalue weighted by atomic mass is 10.0. The molecule has 3 aromatic heterocycles. The van der Waals surface area contributed by atoms with Crippen LogP contribution in [0, 0.1) is 0 Å². The summed E-state index contributed by atoms with van der Waals surface area (Å²) in [6.07, 6.45) is 3.60. The second-order valence-corrected chi connectivity index (χ2v) is 12.3. The number of thiophene rings is 1. The Labute approximate surface area is 264 Å². The predicted molar refractivity (Wildman–Crippen MR) is 190 cm³/mol. The number of aromatic nitrogens is 1. The molecule has 0 saturated heterocycles. The van der Waals surface area contributed by atoms with Crippen molar-refractivity contribution in [3.8, 4) is 22.3 Å². The quantitative estimate of drug-likeness (QED) is 0.198. The monoisotopic (exact) mass is 594 g/mol. The second-order valence-electron chi connectivity index (χ2n) is 11.2. The lowest BCUT2D eigenvalue weighted by molar-refractivity contribution is 0.668. The summed E-state index contributed by atoms with van der Waals surface area (Å²) < 4.78 is 8.88. The molecule has 0 aliphatic rings. The average Bonchev–Trinajstić information content (AvgIpc) is 3.68. The van der Waals surface area contributed by atoms with E-state index in [9.17, 15) is 0 Å². The first-order valence-electron chi connectivity index (χ1n) is 15.0. The van der Waals surface area contributed by atoms with Gasteiger partial charge in [0.2, 0.25) is 0 Å². The van der Waals surface area contributed by atoms with E-state index in [1.807, 2.05) is 23.6 Å². The summed E-state index contributed by atoms with van der Waals surface area (Å²) in [7, 11) is 0. The van der Waals surface area contributed by atoms with Crippen LogP contribution in [-0.2, 0) is 0 Å². The molecule has 0 radical (unpaired) electrons. The number of nitrogens with zero attached hydrogens (tertiary/aromatic N) is 2. The fraction of sp³-hybridized carbons (Fsp3) is 0. The highest BCUT2D eigenvalue weighted by Gasteiger charge is 2.17. The Hall–Kier alpha value is -5.71. The van der Waals surface area contributed by atoms with Gasteiger partial charge in [0, 0.05) is 59.8 Å². The first-order chi connectivity index (χ1) is 22.3. The highest BCUT2D eigenvalue weighted by Crippen LogP contribution is 2.42. The van der Waals surface area contributed by atoms with E-state index in [1.54, 1.807) is 6.20 Å². The summed E-state index contributed by atoms with van der Waals surface area (Å²) in [5.41, 5.74) is 9.60. The molecular weight excluding hydrogens is 569 g/mol. The van der Waals surface area contributed by atoms with Crippen LogP contribution in [0.15, 0.2) is 162 Å². The fourth-order valence-electron chi connectivity index (χ4n) is 6.40. The molecule has 45 heavy (non-hydrogen) atoms. The van der Waals surface area contributed by atoms with E-state index in [1.165, 1.54) is 31.3 Å². The minimum Gasteiger partial charge on any atom is -0.454 e. The van der Waals surface area contributed by atoms with Crippen molar-refractivity contribution in [2.75, 3.05) is 4.90 Å². The third-order valence-corrected chi connectivity index (χ3v) is 9.73. The largest absolute Gasteiger partial charge is 0.454 e. The molecule has 0 aliphatic heterocycles. The summed E-state index contributed by atoms with van der Waals surface area (Å²) >= 11 is 1.84. The van der Waals surface area contributed by atoms with E-state index >= 15 is 0 Å². The zero-order valence-corrected chi connectivity index (χ0v) is 25.0. The Morgan fingerprint density at radius 1 is 0.489 bits per heavy atom. The van der Waals surface area contributed by atoms with Crippen LogP contribution in [0.25, 0.3) is 64.4 Å². The molecule has 0 unspecified atom stereocenters. The number of benzene rings is 6. The number of anilines is 3. The number of hydrogen-bond acceptors (Lipinski definition) is 4. The van der Waals surface area contributed by atoms with Gasteiger partial charge < -0.3 is 9.32 Å². The van der Waals surface area contributed by atoms with E-state index in [-0.39, 0.29) is 0 Å². The molecule has 3 nitrogen and oxygen atoms in total. The van der Waals surface area contributed by atoms with Crippen molar-refractivity contribution >= 4 is 70.5 Å². The average molecular weight is 595 g/mol. The van der Waals surface area contributed by atoms with Gasteiger partial charge in [-0.2, -0.15) is 0 Å². The lowest BCUT2D eigenvalue weighted by Crippen LogP contribution is -2.09. The second kappa shape index (κ2) is 10.5. The Bertz CT molecular complexity index is 2480. The maximum atomic E-state index is 6.30. The van der Waals surface area contributed by atoms with Gasteiger partial charge in [0.1, 0.15) is 5.58 Å². The Balaban J connectivity index is 1.16. The van der Waals surface area contributed by atoms with Crippen LogP contribution in [0.1, 0.15) is 0 Å². The van der Waals surface area contributed by atoms with Crippen LogP contribution in [0.5, 0.6) is 0 Å². The van der Waals surface area contributed by atoms with Gasteiger partial charge in [-0.1, -0.05) is 97.1 Å². The molecule has 4 heteroatoms. The molecule has 212 valence electrons. The van der Waals surface area contributed by atoms with E-state index in [2.05, 4.69) is 149 Å². The number of para-hydroxylation sites is 1. The van der Waals surface area contributed by atoms with Crippen LogP contribution < -0.4 is 4.90 Å². The third kappa shape index (κ3) is 4.38. The summed E-state index contributed by atoms with van der Waals surface area (Å²) in [5, 5.41) is 4.79. The topological polar surface area (TPSA) is 29.3 Å².